The van der Waals surface area contributed by atoms with Crippen molar-refractivity contribution in [3.05, 3.63) is 84.4 Å². The van der Waals surface area contributed by atoms with Gasteiger partial charge in [-0.3, -0.25) is 4.79 Å². The fourth-order valence-corrected chi connectivity index (χ4v) is 2.55. The minimum absolute atomic E-state index is 0.208. The standard InChI is InChI=1S/C22H17F2NO4/c23-16-10-11-19(18(24)12-16)25-21(26)13-29-22(27)14-28-20-9-5-4-8-17(20)15-6-2-1-3-7-15/h1-12H,13-14H2,(H,25,26). The van der Waals surface area contributed by atoms with Crippen molar-refractivity contribution in [2.24, 2.45) is 0 Å². The van der Waals surface area contributed by atoms with Crippen LogP contribution in [-0.2, 0) is 14.3 Å². The molecule has 7 heteroatoms. The molecule has 0 saturated heterocycles. The van der Waals surface area contributed by atoms with E-state index in [-0.39, 0.29) is 5.69 Å². The average molecular weight is 397 g/mol. The Kier molecular flexibility index (Phi) is 6.52. The van der Waals surface area contributed by atoms with Gasteiger partial charge >= 0.3 is 5.97 Å². The summed E-state index contributed by atoms with van der Waals surface area (Å²) in [5, 5.41) is 2.20. The van der Waals surface area contributed by atoms with Crippen LogP contribution in [0.3, 0.4) is 0 Å². The highest BCUT2D eigenvalue weighted by molar-refractivity contribution is 5.93. The van der Waals surface area contributed by atoms with Crippen molar-refractivity contribution in [2.45, 2.75) is 0 Å². The number of halogens is 2. The van der Waals surface area contributed by atoms with Gasteiger partial charge in [0.05, 0.1) is 5.69 Å². The van der Waals surface area contributed by atoms with Crippen molar-refractivity contribution in [2.75, 3.05) is 18.5 Å². The molecule has 3 aromatic rings. The zero-order valence-electron chi connectivity index (χ0n) is 15.2. The number of anilines is 1. The second-order valence-electron chi connectivity index (χ2n) is 5.98. The number of esters is 1. The monoisotopic (exact) mass is 397 g/mol. The predicted molar refractivity (Wildman–Crippen MR) is 103 cm³/mol. The molecule has 148 valence electrons. The zero-order chi connectivity index (χ0) is 20.6. The highest BCUT2D eigenvalue weighted by Crippen LogP contribution is 2.29. The van der Waals surface area contributed by atoms with E-state index in [1.165, 1.54) is 0 Å². The Bertz CT molecular complexity index is 1010. The van der Waals surface area contributed by atoms with Crippen LogP contribution < -0.4 is 10.1 Å². The van der Waals surface area contributed by atoms with Gasteiger partial charge in [-0.15, -0.1) is 0 Å². The highest BCUT2D eigenvalue weighted by Gasteiger charge is 2.13. The number of ether oxygens (including phenoxy) is 2. The van der Waals surface area contributed by atoms with Gasteiger partial charge in [-0.05, 0) is 23.8 Å². The van der Waals surface area contributed by atoms with E-state index in [1.54, 1.807) is 12.1 Å². The lowest BCUT2D eigenvalue weighted by molar-refractivity contribution is -0.149. The Labute approximate surface area is 165 Å². The van der Waals surface area contributed by atoms with Gasteiger partial charge in [-0.1, -0.05) is 48.5 Å². The van der Waals surface area contributed by atoms with Crippen LogP contribution in [-0.4, -0.2) is 25.1 Å². The van der Waals surface area contributed by atoms with E-state index in [4.69, 9.17) is 9.47 Å². The number of hydrogen-bond donors (Lipinski definition) is 1. The molecule has 0 spiro atoms. The molecule has 0 aromatic heterocycles. The third-order valence-corrected chi connectivity index (χ3v) is 3.89. The van der Waals surface area contributed by atoms with E-state index in [0.29, 0.717) is 11.8 Å². The molecule has 29 heavy (non-hydrogen) atoms. The van der Waals surface area contributed by atoms with Crippen molar-refractivity contribution >= 4 is 17.6 Å². The first kappa shape index (κ1) is 20.0. The summed E-state index contributed by atoms with van der Waals surface area (Å²) in [7, 11) is 0. The SMILES string of the molecule is O=C(COC(=O)COc1ccccc1-c1ccccc1)Nc1ccc(F)cc1F. The van der Waals surface area contributed by atoms with E-state index in [0.717, 1.165) is 23.3 Å². The second-order valence-corrected chi connectivity index (χ2v) is 5.98. The maximum Gasteiger partial charge on any atom is 0.344 e. The second kappa shape index (κ2) is 9.45. The molecule has 0 aliphatic heterocycles. The molecule has 0 atom stereocenters. The Morgan fingerprint density at radius 1 is 0.862 bits per heavy atom. The predicted octanol–water partition coefficient (Wildman–Crippen LogP) is 4.19. The lowest BCUT2D eigenvalue weighted by Gasteiger charge is -2.11. The van der Waals surface area contributed by atoms with Crippen LogP contribution in [0.2, 0.25) is 0 Å². The van der Waals surface area contributed by atoms with Crippen LogP contribution in [0.5, 0.6) is 5.75 Å². The van der Waals surface area contributed by atoms with Gasteiger partial charge in [-0.2, -0.15) is 0 Å². The first-order valence-corrected chi connectivity index (χ1v) is 8.70. The summed E-state index contributed by atoms with van der Waals surface area (Å²) in [5.74, 6) is -2.71. The van der Waals surface area contributed by atoms with Gasteiger partial charge in [0, 0.05) is 11.6 Å². The number of carbonyl (C=O) groups is 2. The van der Waals surface area contributed by atoms with Crippen molar-refractivity contribution in [3.63, 3.8) is 0 Å². The first-order chi connectivity index (χ1) is 14.0. The molecule has 0 aliphatic rings. The molecule has 5 nitrogen and oxygen atoms in total. The Balaban J connectivity index is 1.51. The summed E-state index contributed by atoms with van der Waals surface area (Å²) in [6.45, 7) is -1.03. The van der Waals surface area contributed by atoms with Crippen molar-refractivity contribution < 1.29 is 27.8 Å². The third-order valence-electron chi connectivity index (χ3n) is 3.89. The van der Waals surface area contributed by atoms with E-state index >= 15 is 0 Å². The summed E-state index contributed by atoms with van der Waals surface area (Å²) in [6.07, 6.45) is 0. The molecule has 3 aromatic carbocycles. The minimum atomic E-state index is -0.925. The van der Waals surface area contributed by atoms with Gasteiger partial charge in [0.25, 0.3) is 5.91 Å². The van der Waals surface area contributed by atoms with Crippen LogP contribution >= 0.6 is 0 Å². The van der Waals surface area contributed by atoms with Crippen LogP contribution in [0, 0.1) is 11.6 Å². The quantitative estimate of drug-likeness (QED) is 0.607. The molecule has 0 heterocycles. The molecule has 0 radical (unpaired) electrons. The summed E-state index contributed by atoms with van der Waals surface area (Å²) >= 11 is 0. The van der Waals surface area contributed by atoms with Crippen LogP contribution in [0.1, 0.15) is 0 Å². The lowest BCUT2D eigenvalue weighted by Crippen LogP contribution is -2.24. The summed E-state index contributed by atoms with van der Waals surface area (Å²) in [4.78, 5) is 23.7. The summed E-state index contributed by atoms with van der Waals surface area (Å²) in [5.41, 5.74) is 1.53. The molecule has 0 aliphatic carbocycles. The highest BCUT2D eigenvalue weighted by atomic mass is 19.1. The molecule has 0 saturated carbocycles. The number of nitrogens with one attached hydrogen (secondary N) is 1. The molecule has 0 unspecified atom stereocenters. The van der Waals surface area contributed by atoms with E-state index in [1.807, 2.05) is 42.5 Å². The molecule has 1 N–H and O–H groups in total. The smallest absolute Gasteiger partial charge is 0.344 e. The normalized spacial score (nSPS) is 10.3. The average Bonchev–Trinajstić information content (AvgIpc) is 2.73. The maximum absolute atomic E-state index is 13.5. The van der Waals surface area contributed by atoms with Crippen LogP contribution in [0.15, 0.2) is 72.8 Å². The molecule has 0 bridgehead atoms. The van der Waals surface area contributed by atoms with Crippen molar-refractivity contribution in [1.29, 1.82) is 0 Å². The number of hydrogen-bond acceptors (Lipinski definition) is 4. The summed E-state index contributed by atoms with van der Waals surface area (Å²) < 4.78 is 36.7. The van der Waals surface area contributed by atoms with Gasteiger partial charge in [0.1, 0.15) is 17.4 Å². The molecule has 0 fully saturated rings. The van der Waals surface area contributed by atoms with Gasteiger partial charge < -0.3 is 14.8 Å². The molecular formula is C22H17F2NO4. The van der Waals surface area contributed by atoms with Gasteiger partial charge in [0.2, 0.25) is 0 Å². The van der Waals surface area contributed by atoms with Gasteiger partial charge in [-0.25, -0.2) is 13.6 Å². The number of rotatable bonds is 7. The number of amides is 1. The van der Waals surface area contributed by atoms with Crippen LogP contribution in [0.25, 0.3) is 11.1 Å². The van der Waals surface area contributed by atoms with Crippen molar-refractivity contribution in [1.82, 2.24) is 0 Å². The number of para-hydroxylation sites is 1. The third kappa shape index (κ3) is 5.62. The Morgan fingerprint density at radius 2 is 1.59 bits per heavy atom. The van der Waals surface area contributed by atoms with Crippen molar-refractivity contribution in [3.8, 4) is 16.9 Å². The fraction of sp³-hybridized carbons (Fsp3) is 0.0909. The Morgan fingerprint density at radius 3 is 2.34 bits per heavy atom. The number of carbonyl (C=O) groups excluding carboxylic acids is 2. The largest absolute Gasteiger partial charge is 0.481 e. The van der Waals surface area contributed by atoms with Crippen LogP contribution in [0.4, 0.5) is 14.5 Å². The van der Waals surface area contributed by atoms with Gasteiger partial charge in [0.15, 0.2) is 13.2 Å². The first-order valence-electron chi connectivity index (χ1n) is 8.70. The minimum Gasteiger partial charge on any atom is -0.481 e. The van der Waals surface area contributed by atoms with E-state index in [2.05, 4.69) is 5.32 Å². The van der Waals surface area contributed by atoms with E-state index < -0.39 is 36.7 Å². The number of benzene rings is 3. The topological polar surface area (TPSA) is 64.6 Å². The zero-order valence-corrected chi connectivity index (χ0v) is 15.2. The fourth-order valence-electron chi connectivity index (χ4n) is 2.55. The summed E-state index contributed by atoms with van der Waals surface area (Å²) in [6, 6.07) is 19.4. The molecule has 3 rings (SSSR count). The Hall–Kier alpha value is -3.74. The van der Waals surface area contributed by atoms with E-state index in [9.17, 15) is 18.4 Å². The lowest BCUT2D eigenvalue weighted by atomic mass is 10.1. The maximum atomic E-state index is 13.5. The molecule has 1 amide bonds. The molecular weight excluding hydrogens is 380 g/mol.